The molecule has 1 aromatic heterocycles. The molecule has 108 valence electrons. The van der Waals surface area contributed by atoms with Crippen LogP contribution in [0.25, 0.3) is 0 Å². The van der Waals surface area contributed by atoms with Crippen LogP contribution in [0.2, 0.25) is 0 Å². The van der Waals surface area contributed by atoms with Crippen molar-refractivity contribution in [2.24, 2.45) is 0 Å². The molecule has 0 amide bonds. The van der Waals surface area contributed by atoms with E-state index in [1.54, 1.807) is 0 Å². The number of aliphatic hydroxyl groups is 1. The van der Waals surface area contributed by atoms with Crippen LogP contribution in [0.5, 0.6) is 0 Å². The van der Waals surface area contributed by atoms with E-state index in [2.05, 4.69) is 14.7 Å². The van der Waals surface area contributed by atoms with Gasteiger partial charge in [-0.1, -0.05) is 5.16 Å². The van der Waals surface area contributed by atoms with E-state index in [4.69, 9.17) is 5.11 Å². The van der Waals surface area contributed by atoms with Crippen LogP contribution in [0.3, 0.4) is 0 Å². The lowest BCUT2D eigenvalue weighted by Gasteiger charge is -2.09. The van der Waals surface area contributed by atoms with Gasteiger partial charge in [0.15, 0.2) is 11.6 Å². The quantitative estimate of drug-likeness (QED) is 0.824. The predicted molar refractivity (Wildman–Crippen MR) is 60.6 cm³/mol. The molecule has 2 aromatic rings. The van der Waals surface area contributed by atoms with Gasteiger partial charge in [0.25, 0.3) is 0 Å². The fourth-order valence-electron chi connectivity index (χ4n) is 1.44. The Kier molecular flexibility index (Phi) is 4.06. The predicted octanol–water partition coefficient (Wildman–Crippen LogP) is 0.319. The third-order valence-electron chi connectivity index (χ3n) is 2.43. The maximum atomic E-state index is 13.8. The highest BCUT2D eigenvalue weighted by Crippen LogP contribution is 2.21. The molecule has 2 rings (SSSR count). The number of sulfonamides is 1. The summed E-state index contributed by atoms with van der Waals surface area (Å²) in [5.74, 6) is -2.31. The lowest BCUT2D eigenvalue weighted by molar-refractivity contribution is 0.267. The average Bonchev–Trinajstić information content (AvgIpc) is 2.90. The van der Waals surface area contributed by atoms with Gasteiger partial charge in [-0.3, -0.25) is 0 Å². The Morgan fingerprint density at radius 1 is 1.35 bits per heavy atom. The number of nitrogens with one attached hydrogen (secondary N) is 1. The standard InChI is InChI=1S/C10H9F2N3O4S/c11-7-1-2-8(10(12)6(7)4-16)20(17,18)14-3-9-13-5-19-15-9/h1-2,5,14,16H,3-4H2. The van der Waals surface area contributed by atoms with Gasteiger partial charge in [0, 0.05) is 0 Å². The van der Waals surface area contributed by atoms with Crippen molar-refractivity contribution in [2.45, 2.75) is 18.0 Å². The molecule has 7 nitrogen and oxygen atoms in total. The number of aliphatic hydroxyl groups excluding tert-OH is 1. The molecule has 0 aliphatic rings. The van der Waals surface area contributed by atoms with Gasteiger partial charge in [-0.25, -0.2) is 21.9 Å². The molecule has 2 N–H and O–H groups in total. The summed E-state index contributed by atoms with van der Waals surface area (Å²) in [5.41, 5.74) is -0.715. The number of halogens is 2. The molecule has 10 heteroatoms. The van der Waals surface area contributed by atoms with Crippen LogP contribution in [0.1, 0.15) is 11.4 Å². The van der Waals surface area contributed by atoms with Gasteiger partial charge in [0.1, 0.15) is 10.7 Å². The van der Waals surface area contributed by atoms with Gasteiger partial charge in [-0.15, -0.1) is 0 Å². The van der Waals surface area contributed by atoms with Crippen LogP contribution in [0.4, 0.5) is 8.78 Å². The molecule has 0 aliphatic carbocycles. The van der Waals surface area contributed by atoms with Crippen LogP contribution in [-0.2, 0) is 23.2 Å². The average molecular weight is 305 g/mol. The van der Waals surface area contributed by atoms with Gasteiger partial charge in [0.05, 0.1) is 18.7 Å². The fourth-order valence-corrected chi connectivity index (χ4v) is 2.52. The highest BCUT2D eigenvalue weighted by Gasteiger charge is 2.23. The van der Waals surface area contributed by atoms with Crippen molar-refractivity contribution in [1.29, 1.82) is 0 Å². The van der Waals surface area contributed by atoms with Crippen molar-refractivity contribution in [3.63, 3.8) is 0 Å². The number of benzene rings is 1. The van der Waals surface area contributed by atoms with E-state index in [-0.39, 0.29) is 12.4 Å². The van der Waals surface area contributed by atoms with E-state index in [9.17, 15) is 17.2 Å². The summed E-state index contributed by atoms with van der Waals surface area (Å²) in [7, 11) is -4.24. The largest absolute Gasteiger partial charge is 0.391 e. The zero-order valence-corrected chi connectivity index (χ0v) is 10.7. The molecule has 0 unspecified atom stereocenters. The lowest BCUT2D eigenvalue weighted by atomic mass is 10.2. The Bertz CT molecular complexity index is 704. The van der Waals surface area contributed by atoms with E-state index in [1.165, 1.54) is 0 Å². The summed E-state index contributed by atoms with van der Waals surface area (Å²) < 4.78 is 57.2. The molecule has 0 radical (unpaired) electrons. The molecule has 0 atom stereocenters. The number of aromatic nitrogens is 2. The zero-order chi connectivity index (χ0) is 14.8. The second-order valence-corrected chi connectivity index (χ2v) is 5.40. The van der Waals surface area contributed by atoms with E-state index in [0.717, 1.165) is 18.5 Å². The summed E-state index contributed by atoms with van der Waals surface area (Å²) in [5, 5.41) is 12.2. The number of hydrogen-bond acceptors (Lipinski definition) is 6. The van der Waals surface area contributed by atoms with Crippen LogP contribution in [0.15, 0.2) is 27.9 Å². The van der Waals surface area contributed by atoms with E-state index >= 15 is 0 Å². The first-order valence-electron chi connectivity index (χ1n) is 5.28. The maximum Gasteiger partial charge on any atom is 0.243 e. The second-order valence-electron chi connectivity index (χ2n) is 3.67. The van der Waals surface area contributed by atoms with Crippen molar-refractivity contribution in [3.05, 3.63) is 41.5 Å². The smallest absolute Gasteiger partial charge is 0.243 e. The molecule has 1 heterocycles. The first kappa shape index (κ1) is 14.5. The number of rotatable bonds is 5. The minimum Gasteiger partial charge on any atom is -0.391 e. The Labute approximate surface area is 112 Å². The van der Waals surface area contributed by atoms with Crippen LogP contribution >= 0.6 is 0 Å². The first-order valence-corrected chi connectivity index (χ1v) is 6.76. The topological polar surface area (TPSA) is 105 Å². The van der Waals surface area contributed by atoms with Crippen LogP contribution in [0, 0.1) is 11.6 Å². The Morgan fingerprint density at radius 2 is 2.10 bits per heavy atom. The van der Waals surface area contributed by atoms with Crippen molar-refractivity contribution < 1.29 is 26.8 Å². The summed E-state index contributed by atoms with van der Waals surface area (Å²) in [6.45, 7) is -1.27. The third-order valence-corrected chi connectivity index (χ3v) is 3.84. The minimum absolute atomic E-state index is 0.0541. The lowest BCUT2D eigenvalue weighted by Crippen LogP contribution is -2.25. The highest BCUT2D eigenvalue weighted by atomic mass is 32.2. The molecule has 20 heavy (non-hydrogen) atoms. The highest BCUT2D eigenvalue weighted by molar-refractivity contribution is 7.89. The zero-order valence-electron chi connectivity index (χ0n) is 9.88. The minimum atomic E-state index is -4.24. The van der Waals surface area contributed by atoms with Crippen molar-refractivity contribution in [3.8, 4) is 0 Å². The van der Waals surface area contributed by atoms with E-state index in [0.29, 0.717) is 0 Å². The summed E-state index contributed by atoms with van der Waals surface area (Å²) in [4.78, 5) is 2.81. The second kappa shape index (κ2) is 5.61. The number of nitrogens with zero attached hydrogens (tertiary/aromatic N) is 2. The molecule has 0 spiro atoms. The van der Waals surface area contributed by atoms with Gasteiger partial charge in [-0.2, -0.15) is 4.98 Å². The monoisotopic (exact) mass is 305 g/mol. The maximum absolute atomic E-state index is 13.8. The van der Waals surface area contributed by atoms with Gasteiger partial charge >= 0.3 is 0 Å². The molecule has 0 saturated heterocycles. The molecule has 0 bridgehead atoms. The van der Waals surface area contributed by atoms with Crippen molar-refractivity contribution in [1.82, 2.24) is 14.9 Å². The Hall–Kier alpha value is -1.91. The molecular formula is C10H9F2N3O4S. The van der Waals surface area contributed by atoms with Crippen LogP contribution < -0.4 is 4.72 Å². The normalized spacial score (nSPS) is 11.8. The van der Waals surface area contributed by atoms with E-state index in [1.807, 2.05) is 4.72 Å². The fraction of sp³-hybridized carbons (Fsp3) is 0.200. The van der Waals surface area contributed by atoms with Gasteiger partial charge in [-0.05, 0) is 12.1 Å². The summed E-state index contributed by atoms with van der Waals surface area (Å²) >= 11 is 0. The Balaban J connectivity index is 2.30. The first-order chi connectivity index (χ1) is 9.45. The molecule has 0 saturated carbocycles. The molecule has 1 aromatic carbocycles. The number of hydrogen-bond donors (Lipinski definition) is 2. The van der Waals surface area contributed by atoms with Crippen molar-refractivity contribution in [2.75, 3.05) is 0 Å². The molecule has 0 aliphatic heterocycles. The molecular weight excluding hydrogens is 296 g/mol. The third kappa shape index (κ3) is 2.81. The van der Waals surface area contributed by atoms with Crippen molar-refractivity contribution >= 4 is 10.0 Å². The Morgan fingerprint density at radius 3 is 2.70 bits per heavy atom. The van der Waals surface area contributed by atoms with Gasteiger partial charge in [0.2, 0.25) is 16.4 Å². The van der Waals surface area contributed by atoms with Crippen LogP contribution in [-0.4, -0.2) is 23.7 Å². The summed E-state index contributed by atoms with van der Waals surface area (Å²) in [6, 6.07) is 1.53. The van der Waals surface area contributed by atoms with Gasteiger partial charge < -0.3 is 9.63 Å². The summed E-state index contributed by atoms with van der Waals surface area (Å²) in [6.07, 6.45) is 1.01. The van der Waals surface area contributed by atoms with E-state index < -0.39 is 38.7 Å². The SMILES string of the molecule is O=S(=O)(NCc1ncon1)c1ccc(F)c(CO)c1F. The molecule has 0 fully saturated rings.